The van der Waals surface area contributed by atoms with Gasteiger partial charge in [-0.15, -0.1) is 0 Å². The van der Waals surface area contributed by atoms with E-state index in [0.29, 0.717) is 0 Å². The van der Waals surface area contributed by atoms with Crippen molar-refractivity contribution in [1.29, 1.82) is 0 Å². The maximum absolute atomic E-state index is 3.99. The summed E-state index contributed by atoms with van der Waals surface area (Å²) in [5, 5.41) is 0. The Labute approximate surface area is 67.8 Å². The van der Waals surface area contributed by atoms with Crippen molar-refractivity contribution in [3.8, 4) is 0 Å². The summed E-state index contributed by atoms with van der Waals surface area (Å²) in [5.41, 5.74) is 5.62. The van der Waals surface area contributed by atoms with Gasteiger partial charge in [0.05, 0.1) is 0 Å². The smallest absolute Gasteiger partial charge is 0.140 e. The second-order valence-electron chi connectivity index (χ2n) is 1.59. The second kappa shape index (κ2) is 7.02. The van der Waals surface area contributed by atoms with Gasteiger partial charge in [0.1, 0.15) is 5.82 Å². The lowest BCUT2D eigenvalue weighted by Crippen LogP contribution is -2.15. The Bertz CT molecular complexity index is 162. The molecule has 2 N–H and O–H groups in total. The van der Waals surface area contributed by atoms with Gasteiger partial charge in [-0.25, -0.2) is 10.4 Å². The van der Waals surface area contributed by atoms with Crippen LogP contribution in [0.3, 0.4) is 0 Å². The summed E-state index contributed by atoms with van der Waals surface area (Å²) in [6.07, 6.45) is 1.74. The molecule has 1 aromatic rings. The van der Waals surface area contributed by atoms with Crippen LogP contribution in [-0.2, 0) is 0 Å². The largest absolute Gasteiger partial charge is 0.306 e. The Hall–Kier alpha value is -1.09. The lowest BCUT2D eigenvalue weighted by molar-refractivity contribution is 0.965. The van der Waals surface area contributed by atoms with Crippen molar-refractivity contribution in [1.82, 2.24) is 10.4 Å². The average molecular weight is 153 g/mol. The van der Waals surface area contributed by atoms with E-state index in [2.05, 4.69) is 15.8 Å². The monoisotopic (exact) mass is 153 g/mol. The number of nitrogens with one attached hydrogen (secondary N) is 2. The highest BCUT2D eigenvalue weighted by molar-refractivity contribution is 5.31. The predicted octanol–water partition coefficient (Wildman–Crippen LogP) is 1.65. The first-order valence-corrected chi connectivity index (χ1v) is 3.77. The van der Waals surface area contributed by atoms with E-state index in [1.807, 2.05) is 32.0 Å². The van der Waals surface area contributed by atoms with E-state index in [0.717, 1.165) is 5.82 Å². The number of rotatable bonds is 2. The number of pyridine rings is 1. The second-order valence-corrected chi connectivity index (χ2v) is 1.59. The zero-order chi connectivity index (χ0) is 8.53. The van der Waals surface area contributed by atoms with Crippen LogP contribution in [0.4, 0.5) is 5.82 Å². The summed E-state index contributed by atoms with van der Waals surface area (Å²) in [6, 6.07) is 5.68. The Morgan fingerprint density at radius 2 is 2.00 bits per heavy atom. The Morgan fingerprint density at radius 3 is 2.45 bits per heavy atom. The van der Waals surface area contributed by atoms with Crippen LogP contribution >= 0.6 is 0 Å². The van der Waals surface area contributed by atoms with Gasteiger partial charge in [-0.3, -0.25) is 0 Å². The van der Waals surface area contributed by atoms with E-state index in [1.54, 1.807) is 13.2 Å². The molecule has 3 heteroatoms. The van der Waals surface area contributed by atoms with Crippen molar-refractivity contribution in [2.45, 2.75) is 13.8 Å². The fourth-order valence-electron chi connectivity index (χ4n) is 0.565. The average Bonchev–Trinajstić information content (AvgIpc) is 2.11. The fourth-order valence-corrected chi connectivity index (χ4v) is 0.565. The SMILES string of the molecule is CC.CNNc1ccccn1. The quantitative estimate of drug-likeness (QED) is 0.634. The van der Waals surface area contributed by atoms with Crippen LogP contribution in [0.2, 0.25) is 0 Å². The summed E-state index contributed by atoms with van der Waals surface area (Å²) >= 11 is 0. The highest BCUT2D eigenvalue weighted by Gasteiger charge is 1.82. The first kappa shape index (κ1) is 9.91. The van der Waals surface area contributed by atoms with Gasteiger partial charge in [0.25, 0.3) is 0 Å². The molecule has 0 aliphatic carbocycles. The predicted molar refractivity (Wildman–Crippen MR) is 48.3 cm³/mol. The van der Waals surface area contributed by atoms with Crippen molar-refractivity contribution < 1.29 is 0 Å². The molecule has 0 amide bonds. The van der Waals surface area contributed by atoms with Gasteiger partial charge in [0.15, 0.2) is 0 Å². The van der Waals surface area contributed by atoms with E-state index in [4.69, 9.17) is 0 Å². The van der Waals surface area contributed by atoms with Crippen molar-refractivity contribution in [3.05, 3.63) is 24.4 Å². The minimum absolute atomic E-state index is 0.833. The fraction of sp³-hybridized carbons (Fsp3) is 0.375. The maximum Gasteiger partial charge on any atom is 0.140 e. The summed E-state index contributed by atoms with van der Waals surface area (Å²) in [7, 11) is 1.80. The zero-order valence-corrected chi connectivity index (χ0v) is 7.26. The first-order valence-electron chi connectivity index (χ1n) is 3.77. The number of aromatic nitrogens is 1. The number of hydrazine groups is 1. The highest BCUT2D eigenvalue weighted by atomic mass is 15.4. The summed E-state index contributed by atoms with van der Waals surface area (Å²) in [4.78, 5) is 3.99. The van der Waals surface area contributed by atoms with E-state index in [-0.39, 0.29) is 0 Å². The first-order chi connectivity index (χ1) is 5.43. The molecule has 1 heterocycles. The Balaban J connectivity index is 0.000000461. The summed E-state index contributed by atoms with van der Waals surface area (Å²) in [5.74, 6) is 0.833. The van der Waals surface area contributed by atoms with Crippen LogP contribution in [-0.4, -0.2) is 12.0 Å². The van der Waals surface area contributed by atoms with Crippen LogP contribution in [0.1, 0.15) is 13.8 Å². The highest BCUT2D eigenvalue weighted by Crippen LogP contribution is 1.95. The Kier molecular flexibility index (Phi) is 6.33. The van der Waals surface area contributed by atoms with Crippen LogP contribution in [0, 0.1) is 0 Å². The van der Waals surface area contributed by atoms with Crippen molar-refractivity contribution >= 4 is 5.82 Å². The van der Waals surface area contributed by atoms with Crippen LogP contribution in [0.5, 0.6) is 0 Å². The molecule has 1 rings (SSSR count). The minimum Gasteiger partial charge on any atom is -0.306 e. The van der Waals surface area contributed by atoms with Crippen molar-refractivity contribution in [3.63, 3.8) is 0 Å². The number of hydrogen-bond acceptors (Lipinski definition) is 3. The maximum atomic E-state index is 3.99. The molecule has 0 bridgehead atoms. The molecular formula is C8H15N3. The van der Waals surface area contributed by atoms with Crippen molar-refractivity contribution in [2.24, 2.45) is 0 Å². The number of hydrogen-bond donors (Lipinski definition) is 2. The lowest BCUT2D eigenvalue weighted by atomic mass is 10.5. The molecule has 0 saturated carbocycles. The molecule has 11 heavy (non-hydrogen) atoms. The third kappa shape index (κ3) is 4.33. The van der Waals surface area contributed by atoms with E-state index in [1.165, 1.54) is 0 Å². The van der Waals surface area contributed by atoms with E-state index in [9.17, 15) is 0 Å². The van der Waals surface area contributed by atoms with Gasteiger partial charge in [0, 0.05) is 13.2 Å². The molecule has 0 unspecified atom stereocenters. The third-order valence-corrected chi connectivity index (χ3v) is 0.918. The van der Waals surface area contributed by atoms with Crippen molar-refractivity contribution in [2.75, 3.05) is 12.5 Å². The number of anilines is 1. The molecule has 0 spiro atoms. The van der Waals surface area contributed by atoms with Crippen LogP contribution in [0.15, 0.2) is 24.4 Å². The van der Waals surface area contributed by atoms with Gasteiger partial charge >= 0.3 is 0 Å². The van der Waals surface area contributed by atoms with Gasteiger partial charge in [-0.1, -0.05) is 19.9 Å². The van der Waals surface area contributed by atoms with Gasteiger partial charge < -0.3 is 5.43 Å². The Morgan fingerprint density at radius 1 is 1.27 bits per heavy atom. The van der Waals surface area contributed by atoms with Crippen LogP contribution in [0.25, 0.3) is 0 Å². The summed E-state index contributed by atoms with van der Waals surface area (Å²) < 4.78 is 0. The van der Waals surface area contributed by atoms with Crippen LogP contribution < -0.4 is 10.9 Å². The molecule has 0 saturated heterocycles. The van der Waals surface area contributed by atoms with E-state index < -0.39 is 0 Å². The molecule has 0 fully saturated rings. The van der Waals surface area contributed by atoms with Gasteiger partial charge in [-0.2, -0.15) is 0 Å². The minimum atomic E-state index is 0.833. The van der Waals surface area contributed by atoms with Gasteiger partial charge in [0.2, 0.25) is 0 Å². The van der Waals surface area contributed by atoms with Gasteiger partial charge in [-0.05, 0) is 12.1 Å². The molecule has 0 radical (unpaired) electrons. The normalized spacial score (nSPS) is 7.91. The third-order valence-electron chi connectivity index (χ3n) is 0.918. The standard InChI is InChI=1S/C6H9N3.C2H6/c1-7-9-6-4-2-3-5-8-6;1-2/h2-5,7H,1H3,(H,8,9);1-2H3. The summed E-state index contributed by atoms with van der Waals surface area (Å²) in [6.45, 7) is 4.00. The zero-order valence-electron chi connectivity index (χ0n) is 7.26. The molecule has 0 atom stereocenters. The molecule has 62 valence electrons. The molecule has 0 aromatic carbocycles. The van der Waals surface area contributed by atoms with E-state index >= 15 is 0 Å². The molecule has 0 aliphatic heterocycles. The number of nitrogens with zero attached hydrogens (tertiary/aromatic N) is 1. The molecule has 3 nitrogen and oxygen atoms in total. The lowest BCUT2D eigenvalue weighted by Gasteiger charge is -1.99. The topological polar surface area (TPSA) is 37.0 Å². The molecular weight excluding hydrogens is 138 g/mol. The molecule has 0 aliphatic rings. The molecule has 1 aromatic heterocycles.